The number of halogens is 6. The quantitative estimate of drug-likeness (QED) is 0.0606. The molecular formula is C28H28Br6O8. The first-order valence-corrected chi connectivity index (χ1v) is 17.8. The number of hydrogen-bond acceptors (Lipinski definition) is 8. The molecule has 42 heavy (non-hydrogen) atoms. The first-order chi connectivity index (χ1) is 19.9. The molecule has 0 spiro atoms. The Bertz CT molecular complexity index is 1210. The minimum atomic E-state index is -1.44. The molecule has 8 nitrogen and oxygen atoms in total. The molecule has 230 valence electrons. The van der Waals surface area contributed by atoms with Gasteiger partial charge >= 0.3 is 23.9 Å². The Balaban J connectivity index is 2.29. The molecule has 0 fully saturated rings. The van der Waals surface area contributed by atoms with Gasteiger partial charge < -0.3 is 18.9 Å². The molecule has 0 bridgehead atoms. The predicted molar refractivity (Wildman–Crippen MR) is 179 cm³/mol. The van der Waals surface area contributed by atoms with E-state index in [9.17, 15) is 19.2 Å². The molecule has 0 aliphatic rings. The fourth-order valence-electron chi connectivity index (χ4n) is 3.52. The topological polar surface area (TPSA) is 105 Å². The van der Waals surface area contributed by atoms with Crippen LogP contribution >= 0.6 is 95.6 Å². The Hall–Kier alpha value is -0.800. The molecule has 0 amide bonds. The second-order valence-electron chi connectivity index (χ2n) is 8.89. The summed E-state index contributed by atoms with van der Waals surface area (Å²) in [6.07, 6.45) is 7.24. The van der Waals surface area contributed by atoms with Crippen LogP contribution < -0.4 is 9.47 Å². The number of hydrogen-bond donors (Lipinski definition) is 0. The average molecular weight is 972 g/mol. The summed E-state index contributed by atoms with van der Waals surface area (Å²) < 4.78 is 23.4. The third-order valence-corrected chi connectivity index (χ3v) is 10.8. The number of carbonyl (C=O) groups excluding carboxylic acids is 4. The highest BCUT2D eigenvalue weighted by Gasteiger charge is 2.31. The summed E-state index contributed by atoms with van der Waals surface area (Å²) in [6.45, 7) is 4.50. The second-order valence-corrected chi connectivity index (χ2v) is 13.9. The first kappa shape index (κ1) is 37.4. The Kier molecular flexibility index (Phi) is 16.8. The molecule has 0 heterocycles. The van der Waals surface area contributed by atoms with Gasteiger partial charge in [0.05, 0.1) is 31.1 Å². The molecule has 0 aliphatic carbocycles. The van der Waals surface area contributed by atoms with Crippen LogP contribution in [-0.2, 0) is 19.1 Å². The molecule has 0 N–H and O–H groups in total. The lowest BCUT2D eigenvalue weighted by Gasteiger charge is -2.16. The zero-order chi connectivity index (χ0) is 31.4. The Morgan fingerprint density at radius 2 is 0.905 bits per heavy atom. The molecule has 0 aromatic heterocycles. The summed E-state index contributed by atoms with van der Waals surface area (Å²) in [5, 5.41) is 0. The summed E-state index contributed by atoms with van der Waals surface area (Å²) in [6, 6.07) is 3.07. The van der Waals surface area contributed by atoms with E-state index in [2.05, 4.69) is 109 Å². The Morgan fingerprint density at radius 3 is 1.24 bits per heavy atom. The predicted octanol–water partition coefficient (Wildman–Crippen LogP) is 10.2. The van der Waals surface area contributed by atoms with Crippen molar-refractivity contribution in [1.29, 1.82) is 0 Å². The Labute approximate surface area is 295 Å². The van der Waals surface area contributed by atoms with Crippen molar-refractivity contribution in [3.8, 4) is 11.5 Å². The van der Waals surface area contributed by atoms with E-state index in [0.717, 1.165) is 38.5 Å². The lowest BCUT2D eigenvalue weighted by Crippen LogP contribution is -2.27. The van der Waals surface area contributed by atoms with E-state index in [1.165, 1.54) is 12.1 Å². The third kappa shape index (κ3) is 10.7. The number of ether oxygens (including phenoxy) is 4. The van der Waals surface area contributed by atoms with Crippen LogP contribution in [0, 0.1) is 0 Å². The maximum absolute atomic E-state index is 13.0. The van der Waals surface area contributed by atoms with E-state index in [-0.39, 0.29) is 53.7 Å². The van der Waals surface area contributed by atoms with Crippen molar-refractivity contribution in [1.82, 2.24) is 0 Å². The highest BCUT2D eigenvalue weighted by atomic mass is 79.9. The summed E-state index contributed by atoms with van der Waals surface area (Å²) in [7, 11) is 0. The van der Waals surface area contributed by atoms with E-state index >= 15 is 0 Å². The van der Waals surface area contributed by atoms with Crippen molar-refractivity contribution < 1.29 is 38.1 Å². The fraction of sp³-hybridized carbons (Fsp3) is 0.429. The van der Waals surface area contributed by atoms with Crippen LogP contribution in [0.3, 0.4) is 0 Å². The first-order valence-electron chi connectivity index (χ1n) is 13.1. The molecule has 2 rings (SSSR count). The summed E-state index contributed by atoms with van der Waals surface area (Å²) in [4.78, 5) is 51.8. The van der Waals surface area contributed by atoms with Crippen LogP contribution in [0.15, 0.2) is 39.0 Å². The van der Waals surface area contributed by atoms with Crippen molar-refractivity contribution in [2.75, 3.05) is 13.2 Å². The highest BCUT2D eigenvalue weighted by Crippen LogP contribution is 2.42. The monoisotopic (exact) mass is 966 g/mol. The van der Waals surface area contributed by atoms with Crippen LogP contribution in [0.25, 0.3) is 0 Å². The van der Waals surface area contributed by atoms with E-state index in [1.54, 1.807) is 0 Å². The van der Waals surface area contributed by atoms with Crippen molar-refractivity contribution in [2.45, 2.75) is 65.2 Å². The van der Waals surface area contributed by atoms with Crippen LogP contribution in [0.4, 0.5) is 0 Å². The number of rotatable bonds is 14. The van der Waals surface area contributed by atoms with E-state index in [1.807, 2.05) is 0 Å². The third-order valence-electron chi connectivity index (χ3n) is 5.68. The van der Waals surface area contributed by atoms with Gasteiger partial charge in [-0.3, -0.25) is 0 Å². The lowest BCUT2D eigenvalue weighted by atomic mass is 10.2. The van der Waals surface area contributed by atoms with Crippen molar-refractivity contribution >= 4 is 119 Å². The van der Waals surface area contributed by atoms with Gasteiger partial charge in [0.2, 0.25) is 0 Å². The SMILES string of the molecule is CCCCCCOC(=O)c1c(Br)c(Br)cc(Br)c1OC(=O)C(=O)Oc1c(Br)cc(Br)c(Br)c1C(=O)OCCCCCC. The summed E-state index contributed by atoms with van der Waals surface area (Å²) in [5.41, 5.74) is -0.208. The van der Waals surface area contributed by atoms with Gasteiger partial charge in [-0.15, -0.1) is 0 Å². The number of unbranched alkanes of at least 4 members (excludes halogenated alkanes) is 6. The zero-order valence-electron chi connectivity index (χ0n) is 22.8. The minimum absolute atomic E-state index is 0.104. The van der Waals surface area contributed by atoms with Gasteiger partial charge in [-0.1, -0.05) is 52.4 Å². The molecule has 2 aromatic rings. The van der Waals surface area contributed by atoms with Gasteiger partial charge in [0.1, 0.15) is 11.1 Å². The lowest BCUT2D eigenvalue weighted by molar-refractivity contribution is -0.156. The van der Waals surface area contributed by atoms with Crippen LogP contribution in [0.5, 0.6) is 11.5 Å². The molecule has 0 radical (unpaired) electrons. The normalized spacial score (nSPS) is 10.8. The molecule has 0 unspecified atom stereocenters. The number of esters is 4. The molecule has 0 atom stereocenters. The molecule has 0 aliphatic heterocycles. The molecule has 0 saturated carbocycles. The van der Waals surface area contributed by atoms with E-state index in [0.29, 0.717) is 21.8 Å². The Morgan fingerprint density at radius 1 is 0.548 bits per heavy atom. The summed E-state index contributed by atoms with van der Waals surface area (Å²) >= 11 is 19.9. The standard InChI is InChI=1S/C28H28Br6O8/c1-3-5-7-9-11-39-25(35)19-21(33)15(29)13-17(31)23(19)41-27(37)28(38)42-24-18(32)14-16(30)22(34)20(24)26(36)40-12-10-8-6-4-2/h13-14H,3-12H2,1-2H3. The minimum Gasteiger partial charge on any atom is -0.462 e. The number of benzene rings is 2. The van der Waals surface area contributed by atoms with E-state index < -0.39 is 23.9 Å². The highest BCUT2D eigenvalue weighted by molar-refractivity contribution is 9.13. The molecule has 14 heteroatoms. The molecule has 2 aromatic carbocycles. The number of carbonyl (C=O) groups is 4. The summed E-state index contributed by atoms with van der Waals surface area (Å²) in [5.74, 6) is -4.86. The molecular weight excluding hydrogens is 944 g/mol. The van der Waals surface area contributed by atoms with Gasteiger partial charge in [0.25, 0.3) is 0 Å². The maximum atomic E-state index is 13.0. The van der Waals surface area contributed by atoms with E-state index in [4.69, 9.17) is 18.9 Å². The largest absolute Gasteiger partial charge is 0.462 e. The van der Waals surface area contributed by atoms with Crippen LogP contribution in [0.2, 0.25) is 0 Å². The second kappa shape index (κ2) is 18.9. The van der Waals surface area contributed by atoms with Gasteiger partial charge in [0.15, 0.2) is 11.5 Å². The van der Waals surface area contributed by atoms with Crippen molar-refractivity contribution in [3.05, 3.63) is 50.1 Å². The average Bonchev–Trinajstić information content (AvgIpc) is 2.94. The van der Waals surface area contributed by atoms with Crippen molar-refractivity contribution in [3.63, 3.8) is 0 Å². The maximum Gasteiger partial charge on any atom is 0.423 e. The zero-order valence-corrected chi connectivity index (χ0v) is 32.3. The van der Waals surface area contributed by atoms with Gasteiger partial charge in [-0.05, 0) is 121 Å². The van der Waals surface area contributed by atoms with Crippen molar-refractivity contribution in [2.24, 2.45) is 0 Å². The fourth-order valence-corrected chi connectivity index (χ4v) is 6.92. The molecule has 0 saturated heterocycles. The van der Waals surface area contributed by atoms with Crippen LogP contribution in [-0.4, -0.2) is 37.1 Å². The van der Waals surface area contributed by atoms with Gasteiger partial charge in [-0.2, -0.15) is 0 Å². The smallest absolute Gasteiger partial charge is 0.423 e. The van der Waals surface area contributed by atoms with Gasteiger partial charge in [-0.25, -0.2) is 19.2 Å². The van der Waals surface area contributed by atoms with Gasteiger partial charge in [0, 0.05) is 8.95 Å². The van der Waals surface area contributed by atoms with Crippen LogP contribution in [0.1, 0.15) is 85.9 Å².